The lowest BCUT2D eigenvalue weighted by Gasteiger charge is -2.31. The monoisotopic (exact) mass is 646 g/mol. The Balaban J connectivity index is 1.55. The maximum Gasteiger partial charge on any atom is 0.271 e. The topological polar surface area (TPSA) is 43.6 Å². The van der Waals surface area contributed by atoms with E-state index in [4.69, 9.17) is 9.73 Å². The van der Waals surface area contributed by atoms with Gasteiger partial charge in [0.25, 0.3) is 5.56 Å². The van der Waals surface area contributed by atoms with Gasteiger partial charge in [-0.1, -0.05) is 79.6 Å². The average Bonchev–Trinajstić information content (AvgIpc) is 3.24. The van der Waals surface area contributed by atoms with Crippen LogP contribution in [-0.4, -0.2) is 11.7 Å². The van der Waals surface area contributed by atoms with Gasteiger partial charge >= 0.3 is 0 Å². The van der Waals surface area contributed by atoms with Crippen molar-refractivity contribution in [3.05, 3.63) is 135 Å². The summed E-state index contributed by atoms with van der Waals surface area (Å²) in [4.78, 5) is 19.8. The highest BCUT2D eigenvalue weighted by Crippen LogP contribution is 2.41. The van der Waals surface area contributed by atoms with E-state index >= 15 is 0 Å². The van der Waals surface area contributed by atoms with Crippen LogP contribution in [0, 0.1) is 0 Å². The first kappa shape index (κ1) is 25.3. The van der Waals surface area contributed by atoms with E-state index in [1.807, 2.05) is 47.0 Å². The molecule has 1 aliphatic heterocycles. The van der Waals surface area contributed by atoms with Crippen molar-refractivity contribution in [2.75, 3.05) is 7.11 Å². The highest BCUT2D eigenvalue weighted by atomic mass is 79.9. The number of hydrogen-bond acceptors (Lipinski definition) is 4. The molecule has 1 atom stereocenters. The van der Waals surface area contributed by atoms with Crippen LogP contribution in [0.3, 0.4) is 0 Å². The van der Waals surface area contributed by atoms with Crippen molar-refractivity contribution in [3.63, 3.8) is 0 Å². The van der Waals surface area contributed by atoms with Gasteiger partial charge in [0.1, 0.15) is 5.75 Å². The molecule has 0 saturated heterocycles. The first-order chi connectivity index (χ1) is 18.5. The molecule has 38 heavy (non-hydrogen) atoms. The summed E-state index contributed by atoms with van der Waals surface area (Å²) in [6.07, 6.45) is 7.10. The first-order valence-corrected chi connectivity index (χ1v) is 14.8. The molecular formula is C31H24Br2N2O2S. The van der Waals surface area contributed by atoms with Gasteiger partial charge in [-0.25, -0.2) is 4.99 Å². The lowest BCUT2D eigenvalue weighted by atomic mass is 9.84. The summed E-state index contributed by atoms with van der Waals surface area (Å²) in [5.41, 5.74) is 6.66. The molecule has 0 saturated carbocycles. The summed E-state index contributed by atoms with van der Waals surface area (Å²) in [6.45, 7) is 0. The number of thiazole rings is 1. The molecule has 0 radical (unpaired) electrons. The van der Waals surface area contributed by atoms with Crippen LogP contribution < -0.4 is 19.6 Å². The zero-order chi connectivity index (χ0) is 26.2. The number of aromatic nitrogens is 1. The molecule has 7 heteroatoms. The number of allylic oxidation sites excluding steroid dienone is 2. The largest absolute Gasteiger partial charge is 0.497 e. The highest BCUT2D eigenvalue weighted by molar-refractivity contribution is 9.10. The number of fused-ring (bicyclic) bond motifs is 1. The molecule has 4 nitrogen and oxygen atoms in total. The minimum absolute atomic E-state index is 0.00644. The van der Waals surface area contributed by atoms with Gasteiger partial charge in [0.2, 0.25) is 0 Å². The van der Waals surface area contributed by atoms with E-state index in [-0.39, 0.29) is 11.6 Å². The summed E-state index contributed by atoms with van der Waals surface area (Å²) < 4.78 is 9.93. The summed E-state index contributed by atoms with van der Waals surface area (Å²) in [6, 6.07) is 24.2. The fraction of sp³-hybridized carbons (Fsp3) is 0.161. The Kier molecular flexibility index (Phi) is 7.08. The quantitative estimate of drug-likeness (QED) is 0.239. The average molecular weight is 648 g/mol. The van der Waals surface area contributed by atoms with Crippen LogP contribution in [0.25, 0.3) is 12.2 Å². The number of benzene rings is 3. The van der Waals surface area contributed by atoms with Gasteiger partial charge in [0, 0.05) is 8.95 Å². The third-order valence-corrected chi connectivity index (χ3v) is 8.98. The Hall–Kier alpha value is -3.00. The fourth-order valence-electron chi connectivity index (χ4n) is 5.11. The summed E-state index contributed by atoms with van der Waals surface area (Å²) in [7, 11) is 1.65. The summed E-state index contributed by atoms with van der Waals surface area (Å²) in [5.74, 6) is 0.789. The second kappa shape index (κ2) is 10.6. The van der Waals surface area contributed by atoms with E-state index in [0.717, 1.165) is 61.1 Å². The third kappa shape index (κ3) is 4.91. The summed E-state index contributed by atoms with van der Waals surface area (Å²) >= 11 is 8.55. The maximum absolute atomic E-state index is 13.9. The van der Waals surface area contributed by atoms with Gasteiger partial charge in [0.05, 0.1) is 23.4 Å². The van der Waals surface area contributed by atoms with Crippen LogP contribution in [0.1, 0.15) is 42.0 Å². The van der Waals surface area contributed by atoms with Gasteiger partial charge in [-0.3, -0.25) is 9.36 Å². The van der Waals surface area contributed by atoms with E-state index in [1.54, 1.807) is 7.11 Å². The van der Waals surface area contributed by atoms with Crippen LogP contribution in [0.15, 0.2) is 108 Å². The first-order valence-electron chi connectivity index (χ1n) is 12.4. The molecule has 0 amide bonds. The Morgan fingerprint density at radius 2 is 1.53 bits per heavy atom. The minimum atomic E-state index is -0.180. The molecule has 0 N–H and O–H groups in total. The Morgan fingerprint density at radius 1 is 0.895 bits per heavy atom. The van der Waals surface area contributed by atoms with Crippen LogP contribution in [0.4, 0.5) is 0 Å². The highest BCUT2D eigenvalue weighted by Gasteiger charge is 2.32. The number of halogens is 2. The van der Waals surface area contributed by atoms with Crippen LogP contribution in [-0.2, 0) is 0 Å². The van der Waals surface area contributed by atoms with Gasteiger partial charge in [-0.05, 0) is 95.6 Å². The number of ether oxygens (including phenoxy) is 1. The number of methoxy groups -OCH3 is 1. The van der Waals surface area contributed by atoms with Crippen LogP contribution in [0.5, 0.6) is 5.75 Å². The molecule has 0 bridgehead atoms. The normalized spacial score (nSPS) is 18.2. The van der Waals surface area contributed by atoms with Crippen molar-refractivity contribution in [3.8, 4) is 5.75 Å². The van der Waals surface area contributed by atoms with Crippen LogP contribution in [0.2, 0.25) is 0 Å². The van der Waals surface area contributed by atoms with Crippen molar-refractivity contribution in [2.45, 2.75) is 25.3 Å². The third-order valence-electron chi connectivity index (χ3n) is 6.94. The standard InChI is InChI=1S/C31H24Br2N2O2S/c1-37-25-15-7-20(8-16-25)18-27-30(36)35-29(21-9-13-24(33)14-10-21)26-4-2-3-22(28(26)34-31(35)38-27)17-19-5-11-23(32)12-6-19/h5-18,29H,2-4H2,1H3/b22-17-,27-18-. The van der Waals surface area contributed by atoms with Gasteiger partial charge in [-0.2, -0.15) is 0 Å². The number of nitrogens with zero attached hydrogens (tertiary/aromatic N) is 2. The Bertz CT molecular complexity index is 1750. The smallest absolute Gasteiger partial charge is 0.271 e. The molecule has 3 aromatic carbocycles. The lowest BCUT2D eigenvalue weighted by Crippen LogP contribution is -2.39. The second-order valence-electron chi connectivity index (χ2n) is 9.36. The predicted molar refractivity (Wildman–Crippen MR) is 161 cm³/mol. The molecule has 0 spiro atoms. The van der Waals surface area contributed by atoms with E-state index in [9.17, 15) is 4.79 Å². The molecule has 2 heterocycles. The van der Waals surface area contributed by atoms with Gasteiger partial charge in [-0.15, -0.1) is 0 Å². The maximum atomic E-state index is 13.9. The zero-order valence-corrected chi connectivity index (χ0v) is 24.6. The number of rotatable bonds is 4. The molecule has 190 valence electrons. The van der Waals surface area contributed by atoms with Crippen molar-refractivity contribution in [2.24, 2.45) is 4.99 Å². The second-order valence-corrected chi connectivity index (χ2v) is 12.2. The SMILES string of the molecule is COc1ccc(/C=c2\sc3n(c2=O)C(c2ccc(Br)cc2)C2=C(N=3)/C(=C\c3ccc(Br)cc3)CCC2)cc1. The van der Waals surface area contributed by atoms with Crippen molar-refractivity contribution in [1.29, 1.82) is 0 Å². The minimum Gasteiger partial charge on any atom is -0.497 e. The van der Waals surface area contributed by atoms with Crippen molar-refractivity contribution in [1.82, 2.24) is 4.57 Å². The molecule has 1 aromatic heterocycles. The summed E-state index contributed by atoms with van der Waals surface area (Å²) in [5, 5.41) is 0. The Labute approximate surface area is 241 Å². The van der Waals surface area contributed by atoms with E-state index in [1.165, 1.54) is 22.5 Å². The molecular weight excluding hydrogens is 624 g/mol. The molecule has 2 aliphatic rings. The van der Waals surface area contributed by atoms with E-state index in [2.05, 4.69) is 74.3 Å². The Morgan fingerprint density at radius 3 is 2.21 bits per heavy atom. The molecule has 0 fully saturated rings. The predicted octanol–water partition coefficient (Wildman–Crippen LogP) is 7.02. The molecule has 1 aliphatic carbocycles. The lowest BCUT2D eigenvalue weighted by molar-refractivity contribution is 0.415. The van der Waals surface area contributed by atoms with Crippen molar-refractivity contribution < 1.29 is 4.74 Å². The molecule has 6 rings (SSSR count). The van der Waals surface area contributed by atoms with E-state index < -0.39 is 0 Å². The van der Waals surface area contributed by atoms with Crippen LogP contribution >= 0.6 is 43.2 Å². The fourth-order valence-corrected chi connectivity index (χ4v) is 6.64. The van der Waals surface area contributed by atoms with Gasteiger partial charge in [0.15, 0.2) is 4.80 Å². The van der Waals surface area contributed by atoms with Crippen molar-refractivity contribution >= 4 is 55.3 Å². The van der Waals surface area contributed by atoms with Gasteiger partial charge < -0.3 is 4.74 Å². The molecule has 1 unspecified atom stereocenters. The molecule has 4 aromatic rings. The van der Waals surface area contributed by atoms with E-state index in [0.29, 0.717) is 4.53 Å². The zero-order valence-electron chi connectivity index (χ0n) is 20.7. The number of hydrogen-bond donors (Lipinski definition) is 0.